The lowest BCUT2D eigenvalue weighted by Gasteiger charge is -2.05. The van der Waals surface area contributed by atoms with Crippen molar-refractivity contribution >= 4 is 41.4 Å². The number of nitrogens with zero attached hydrogens (tertiary/aromatic N) is 1. The van der Waals surface area contributed by atoms with Gasteiger partial charge < -0.3 is 0 Å². The van der Waals surface area contributed by atoms with E-state index in [1.54, 1.807) is 6.92 Å². The monoisotopic (exact) mass is 327 g/mol. The summed E-state index contributed by atoms with van der Waals surface area (Å²) in [6.07, 6.45) is 0.460. The molecule has 1 aromatic rings. The molecular formula is C8H7BrClNO4S. The van der Waals surface area contributed by atoms with Gasteiger partial charge in [0, 0.05) is 27.3 Å². The quantitative estimate of drug-likeness (QED) is 0.485. The van der Waals surface area contributed by atoms with Crippen LogP contribution in [0.3, 0.4) is 0 Å². The van der Waals surface area contributed by atoms with Crippen LogP contribution in [0, 0.1) is 10.1 Å². The van der Waals surface area contributed by atoms with E-state index in [0.717, 1.165) is 6.07 Å². The highest BCUT2D eigenvalue weighted by atomic mass is 79.9. The van der Waals surface area contributed by atoms with E-state index >= 15 is 0 Å². The highest BCUT2D eigenvalue weighted by Crippen LogP contribution is 2.32. The van der Waals surface area contributed by atoms with E-state index in [1.165, 1.54) is 6.07 Å². The molecule has 88 valence electrons. The summed E-state index contributed by atoms with van der Waals surface area (Å²) in [5.41, 5.74) is 0.229. The molecule has 0 saturated heterocycles. The number of hydrogen-bond donors (Lipinski definition) is 0. The van der Waals surface area contributed by atoms with Crippen LogP contribution in [0.2, 0.25) is 0 Å². The molecule has 0 N–H and O–H groups in total. The van der Waals surface area contributed by atoms with E-state index in [2.05, 4.69) is 15.9 Å². The van der Waals surface area contributed by atoms with Crippen LogP contribution < -0.4 is 0 Å². The van der Waals surface area contributed by atoms with Crippen LogP contribution in [0.1, 0.15) is 12.5 Å². The molecule has 0 aromatic heterocycles. The van der Waals surface area contributed by atoms with E-state index in [0.29, 0.717) is 12.0 Å². The largest absolute Gasteiger partial charge is 0.271 e. The number of rotatable bonds is 3. The summed E-state index contributed by atoms with van der Waals surface area (Å²) in [4.78, 5) is 9.68. The molecule has 0 saturated carbocycles. The highest BCUT2D eigenvalue weighted by molar-refractivity contribution is 9.10. The number of non-ortho nitro benzene ring substituents is 1. The number of benzene rings is 1. The minimum Gasteiger partial charge on any atom is -0.258 e. The van der Waals surface area contributed by atoms with Crippen LogP contribution >= 0.6 is 26.6 Å². The van der Waals surface area contributed by atoms with Gasteiger partial charge in [-0.05, 0) is 27.9 Å². The first-order chi connectivity index (χ1) is 7.27. The molecule has 0 heterocycles. The average Bonchev–Trinajstić information content (AvgIpc) is 2.15. The zero-order chi connectivity index (χ0) is 12.5. The summed E-state index contributed by atoms with van der Waals surface area (Å²) < 4.78 is 22.7. The minimum atomic E-state index is -4.00. The van der Waals surface area contributed by atoms with Crippen LogP contribution in [0.15, 0.2) is 21.5 Å². The predicted octanol–water partition coefficient (Wildman–Crippen LogP) is 2.85. The molecule has 0 atom stereocenters. The second kappa shape index (κ2) is 4.68. The molecule has 0 unspecified atom stereocenters. The van der Waals surface area contributed by atoms with Gasteiger partial charge in [-0.1, -0.05) is 6.92 Å². The molecule has 5 nitrogen and oxygen atoms in total. The Morgan fingerprint density at radius 1 is 1.50 bits per heavy atom. The van der Waals surface area contributed by atoms with Crippen LogP contribution in [0.25, 0.3) is 0 Å². The lowest BCUT2D eigenvalue weighted by Crippen LogP contribution is -1.99. The van der Waals surface area contributed by atoms with Crippen molar-refractivity contribution in [2.24, 2.45) is 0 Å². The Morgan fingerprint density at radius 3 is 2.44 bits per heavy atom. The fraction of sp³-hybridized carbons (Fsp3) is 0.250. The number of nitro benzene ring substituents is 1. The Kier molecular flexibility index (Phi) is 3.92. The lowest BCUT2D eigenvalue weighted by molar-refractivity contribution is -0.385. The summed E-state index contributed by atoms with van der Waals surface area (Å²) in [6, 6.07) is 2.25. The minimum absolute atomic E-state index is 0.274. The van der Waals surface area contributed by atoms with E-state index < -0.39 is 14.0 Å². The van der Waals surface area contributed by atoms with Gasteiger partial charge in [-0.25, -0.2) is 8.42 Å². The number of halogens is 2. The molecule has 1 rings (SSSR count). The van der Waals surface area contributed by atoms with Crippen molar-refractivity contribution in [2.75, 3.05) is 0 Å². The molecule has 0 aliphatic heterocycles. The first kappa shape index (κ1) is 13.4. The molecule has 16 heavy (non-hydrogen) atoms. The zero-order valence-corrected chi connectivity index (χ0v) is 11.3. The fourth-order valence-corrected chi connectivity index (χ4v) is 3.58. The van der Waals surface area contributed by atoms with Gasteiger partial charge in [-0.15, -0.1) is 0 Å². The Balaban J connectivity index is 3.61. The molecule has 0 bridgehead atoms. The van der Waals surface area contributed by atoms with Crippen LogP contribution in [0.4, 0.5) is 5.69 Å². The van der Waals surface area contributed by atoms with Crippen molar-refractivity contribution in [3.63, 3.8) is 0 Å². The van der Waals surface area contributed by atoms with Crippen molar-refractivity contribution < 1.29 is 13.3 Å². The molecular weight excluding hydrogens is 322 g/mol. The Morgan fingerprint density at radius 2 is 2.06 bits per heavy atom. The van der Waals surface area contributed by atoms with Crippen molar-refractivity contribution in [2.45, 2.75) is 18.2 Å². The average molecular weight is 329 g/mol. The van der Waals surface area contributed by atoms with Crippen molar-refractivity contribution in [1.29, 1.82) is 0 Å². The van der Waals surface area contributed by atoms with Crippen LogP contribution in [-0.4, -0.2) is 13.3 Å². The Bertz CT molecular complexity index is 543. The summed E-state index contributed by atoms with van der Waals surface area (Å²) in [5.74, 6) is 0. The summed E-state index contributed by atoms with van der Waals surface area (Å²) in [5, 5.41) is 10.6. The maximum Gasteiger partial charge on any atom is 0.271 e. The molecule has 1 aromatic carbocycles. The molecule has 0 radical (unpaired) electrons. The topological polar surface area (TPSA) is 77.3 Å². The Hall–Kier alpha value is -0.660. The molecule has 0 spiro atoms. The van der Waals surface area contributed by atoms with Crippen molar-refractivity contribution in [3.05, 3.63) is 32.3 Å². The number of hydrogen-bond acceptors (Lipinski definition) is 4. The summed E-state index contributed by atoms with van der Waals surface area (Å²) >= 11 is 3.07. The van der Waals surface area contributed by atoms with Gasteiger partial charge in [0.2, 0.25) is 0 Å². The van der Waals surface area contributed by atoms with Crippen molar-refractivity contribution in [1.82, 2.24) is 0 Å². The van der Waals surface area contributed by atoms with Crippen LogP contribution in [-0.2, 0) is 15.5 Å². The van der Waals surface area contributed by atoms with Gasteiger partial charge in [0.1, 0.15) is 4.90 Å². The summed E-state index contributed by atoms with van der Waals surface area (Å²) in [6.45, 7) is 1.76. The van der Waals surface area contributed by atoms with E-state index in [1.807, 2.05) is 0 Å². The first-order valence-electron chi connectivity index (χ1n) is 4.18. The van der Waals surface area contributed by atoms with Gasteiger partial charge >= 0.3 is 0 Å². The molecule has 0 aliphatic rings. The number of nitro groups is 1. The fourth-order valence-electron chi connectivity index (χ4n) is 1.18. The molecule has 0 amide bonds. The Labute approximate surface area is 105 Å². The van der Waals surface area contributed by atoms with E-state index in [4.69, 9.17) is 10.7 Å². The maximum absolute atomic E-state index is 11.2. The van der Waals surface area contributed by atoms with Gasteiger partial charge in [-0.3, -0.25) is 10.1 Å². The normalized spacial score (nSPS) is 11.4. The van der Waals surface area contributed by atoms with Gasteiger partial charge in [0.15, 0.2) is 0 Å². The van der Waals surface area contributed by atoms with E-state index in [-0.39, 0.29) is 15.1 Å². The zero-order valence-electron chi connectivity index (χ0n) is 8.11. The second-order valence-corrected chi connectivity index (χ2v) is 6.29. The molecule has 8 heteroatoms. The highest BCUT2D eigenvalue weighted by Gasteiger charge is 2.21. The number of aryl methyl sites for hydroxylation is 1. The van der Waals surface area contributed by atoms with Gasteiger partial charge in [0.05, 0.1) is 4.92 Å². The third kappa shape index (κ3) is 2.72. The third-order valence-corrected chi connectivity index (χ3v) is 4.50. The smallest absolute Gasteiger partial charge is 0.258 e. The predicted molar refractivity (Wildman–Crippen MR) is 63.2 cm³/mol. The van der Waals surface area contributed by atoms with Crippen molar-refractivity contribution in [3.8, 4) is 0 Å². The maximum atomic E-state index is 11.2. The lowest BCUT2D eigenvalue weighted by atomic mass is 10.1. The van der Waals surface area contributed by atoms with Crippen LogP contribution in [0.5, 0.6) is 0 Å². The first-order valence-corrected chi connectivity index (χ1v) is 7.29. The SMILES string of the molecule is CCc1cc([N+](=O)[O-])cc(S(=O)(=O)Cl)c1Br. The van der Waals surface area contributed by atoms with Gasteiger partial charge in [0.25, 0.3) is 14.7 Å². The van der Waals surface area contributed by atoms with Gasteiger partial charge in [-0.2, -0.15) is 0 Å². The van der Waals surface area contributed by atoms with E-state index in [9.17, 15) is 18.5 Å². The second-order valence-electron chi connectivity index (χ2n) is 2.97. The molecule has 0 fully saturated rings. The standard InChI is InChI=1S/C8H7BrClNO4S/c1-2-5-3-6(11(12)13)4-7(8(5)9)16(10,14)15/h3-4H,2H2,1H3. The third-order valence-electron chi connectivity index (χ3n) is 1.95. The molecule has 0 aliphatic carbocycles. The summed E-state index contributed by atoms with van der Waals surface area (Å²) in [7, 11) is 1.19.